The minimum absolute atomic E-state index is 0.321. The van der Waals surface area contributed by atoms with Crippen LogP contribution in [-0.2, 0) is 11.3 Å². The molecule has 0 bridgehead atoms. The van der Waals surface area contributed by atoms with E-state index in [0.717, 1.165) is 58.7 Å². The molecule has 2 saturated heterocycles. The summed E-state index contributed by atoms with van der Waals surface area (Å²) < 4.78 is 0. The lowest BCUT2D eigenvalue weighted by Crippen LogP contribution is -2.52. The number of hydrogen-bond acceptors (Lipinski definition) is 6. The quantitative estimate of drug-likeness (QED) is 0.735. The lowest BCUT2D eigenvalue weighted by Gasteiger charge is -2.47. The van der Waals surface area contributed by atoms with E-state index in [9.17, 15) is 4.79 Å². The summed E-state index contributed by atoms with van der Waals surface area (Å²) in [6.45, 7) is 8.86. The highest BCUT2D eigenvalue weighted by Gasteiger charge is 2.40. The first-order chi connectivity index (χ1) is 13.5. The maximum Gasteiger partial charge on any atom is 0.222 e. The van der Waals surface area contributed by atoms with Crippen molar-refractivity contribution in [2.75, 3.05) is 58.7 Å². The van der Waals surface area contributed by atoms with Crippen molar-refractivity contribution in [1.82, 2.24) is 24.7 Å². The Balaban J connectivity index is 1.49. The molecule has 0 aromatic carbocycles. The number of piperidine rings is 2. The molecule has 156 valence electrons. The number of nitrogens with one attached hydrogen (secondary N) is 1. The van der Waals surface area contributed by atoms with Crippen LogP contribution in [0.1, 0.15) is 44.6 Å². The highest BCUT2D eigenvalue weighted by molar-refractivity contribution is 5.77. The van der Waals surface area contributed by atoms with Gasteiger partial charge in [-0.2, -0.15) is 0 Å². The number of nitrogens with zero attached hydrogens (tertiary/aromatic N) is 5. The lowest BCUT2D eigenvalue weighted by molar-refractivity contribution is -0.139. The van der Waals surface area contributed by atoms with Crippen LogP contribution in [0.3, 0.4) is 0 Å². The van der Waals surface area contributed by atoms with Crippen molar-refractivity contribution in [2.24, 2.45) is 5.41 Å². The van der Waals surface area contributed by atoms with E-state index in [1.807, 2.05) is 12.4 Å². The minimum Gasteiger partial charge on any atom is -0.354 e. The maximum absolute atomic E-state index is 12.3. The largest absolute Gasteiger partial charge is 0.354 e. The van der Waals surface area contributed by atoms with Crippen molar-refractivity contribution in [3.63, 3.8) is 0 Å². The van der Waals surface area contributed by atoms with Crippen LogP contribution >= 0.6 is 0 Å². The maximum atomic E-state index is 12.3. The molecule has 1 aromatic heterocycles. The minimum atomic E-state index is 0.321. The molecule has 1 aromatic rings. The van der Waals surface area contributed by atoms with Crippen LogP contribution < -0.4 is 5.32 Å². The fraction of sp³-hybridized carbons (Fsp3) is 0.762. The van der Waals surface area contributed by atoms with Crippen LogP contribution in [0.25, 0.3) is 0 Å². The van der Waals surface area contributed by atoms with E-state index in [0.29, 0.717) is 23.7 Å². The fourth-order valence-corrected chi connectivity index (χ4v) is 4.24. The van der Waals surface area contributed by atoms with Crippen molar-refractivity contribution in [3.05, 3.63) is 18.0 Å². The highest BCUT2D eigenvalue weighted by Crippen LogP contribution is 2.40. The molecular formula is C21H36N6O. The van der Waals surface area contributed by atoms with Gasteiger partial charge in [-0.15, -0.1) is 0 Å². The number of anilines is 1. The van der Waals surface area contributed by atoms with Crippen molar-refractivity contribution in [1.29, 1.82) is 0 Å². The predicted octanol–water partition coefficient (Wildman–Crippen LogP) is 2.06. The second-order valence-corrected chi connectivity index (χ2v) is 8.74. The molecule has 7 nitrogen and oxygen atoms in total. The molecular weight excluding hydrogens is 352 g/mol. The van der Waals surface area contributed by atoms with E-state index >= 15 is 0 Å². The van der Waals surface area contributed by atoms with E-state index in [2.05, 4.69) is 51.0 Å². The molecule has 0 saturated carbocycles. The number of rotatable bonds is 8. The van der Waals surface area contributed by atoms with Gasteiger partial charge in [0.25, 0.3) is 0 Å². The zero-order valence-corrected chi connectivity index (χ0v) is 17.8. The standard InChI is InChI=1S/C21H36N6O/c1-4-9-22-20-23-14-18(15-24-20)16-26-10-7-21(8-11-26)6-5-19(28)27(17-21)13-12-25(2)3/h14-15H,4-13,16-17H2,1-3H3,(H,22,23,24). The van der Waals surface area contributed by atoms with Crippen molar-refractivity contribution >= 4 is 11.9 Å². The smallest absolute Gasteiger partial charge is 0.222 e. The van der Waals surface area contributed by atoms with Crippen LogP contribution in [0, 0.1) is 5.41 Å². The first-order valence-corrected chi connectivity index (χ1v) is 10.7. The number of aromatic nitrogens is 2. The molecule has 1 N–H and O–H groups in total. The Morgan fingerprint density at radius 1 is 1.18 bits per heavy atom. The molecule has 1 spiro atoms. The Kier molecular flexibility index (Phi) is 7.24. The zero-order valence-electron chi connectivity index (χ0n) is 17.8. The van der Waals surface area contributed by atoms with Gasteiger partial charge in [0.2, 0.25) is 11.9 Å². The van der Waals surface area contributed by atoms with Crippen molar-refractivity contribution in [3.8, 4) is 0 Å². The zero-order chi connectivity index (χ0) is 20.0. The summed E-state index contributed by atoms with van der Waals surface area (Å²) in [6.07, 6.45) is 9.08. The molecule has 3 rings (SSSR count). The second kappa shape index (κ2) is 9.65. The molecule has 7 heteroatoms. The first kappa shape index (κ1) is 21.0. The molecule has 1 amide bonds. The number of likely N-dealkylation sites (N-methyl/N-ethyl adjacent to an activating group) is 1. The van der Waals surface area contributed by atoms with Gasteiger partial charge in [0.15, 0.2) is 0 Å². The van der Waals surface area contributed by atoms with E-state index in [1.165, 1.54) is 18.4 Å². The summed E-state index contributed by atoms with van der Waals surface area (Å²) in [5, 5.41) is 3.22. The Hall–Kier alpha value is -1.73. The Morgan fingerprint density at radius 3 is 2.54 bits per heavy atom. The van der Waals surface area contributed by atoms with E-state index in [1.54, 1.807) is 0 Å². The SMILES string of the molecule is CCCNc1ncc(CN2CCC3(CCC(=O)N(CCN(C)C)C3)CC2)cn1. The van der Waals surface area contributed by atoms with Crippen molar-refractivity contribution < 1.29 is 4.79 Å². The van der Waals surface area contributed by atoms with Gasteiger partial charge in [-0.25, -0.2) is 9.97 Å². The monoisotopic (exact) mass is 388 g/mol. The van der Waals surface area contributed by atoms with Gasteiger partial charge in [0.05, 0.1) is 0 Å². The van der Waals surface area contributed by atoms with E-state index < -0.39 is 0 Å². The normalized spacial score (nSPS) is 20.1. The third-order valence-corrected chi connectivity index (χ3v) is 6.13. The average Bonchev–Trinajstić information content (AvgIpc) is 2.70. The van der Waals surface area contributed by atoms with Gasteiger partial charge < -0.3 is 15.1 Å². The third kappa shape index (κ3) is 5.64. The summed E-state index contributed by atoms with van der Waals surface area (Å²) in [7, 11) is 4.14. The average molecular weight is 389 g/mol. The number of likely N-dealkylation sites (tertiary alicyclic amines) is 2. The molecule has 0 atom stereocenters. The van der Waals surface area contributed by atoms with Gasteiger partial charge in [-0.1, -0.05) is 6.92 Å². The topological polar surface area (TPSA) is 64.6 Å². The molecule has 2 fully saturated rings. The number of carbonyl (C=O) groups excluding carboxylic acids is 1. The van der Waals surface area contributed by atoms with Gasteiger partial charge in [-0.3, -0.25) is 9.69 Å². The van der Waals surface area contributed by atoms with E-state index in [4.69, 9.17) is 0 Å². The Bertz CT molecular complexity index is 624. The van der Waals surface area contributed by atoms with Crippen LogP contribution in [0.2, 0.25) is 0 Å². The summed E-state index contributed by atoms with van der Waals surface area (Å²) in [4.78, 5) is 27.9. The lowest BCUT2D eigenvalue weighted by atomic mass is 9.72. The van der Waals surface area contributed by atoms with Crippen molar-refractivity contribution in [2.45, 2.75) is 45.6 Å². The molecule has 2 aliphatic rings. The molecule has 0 unspecified atom stereocenters. The van der Waals surface area contributed by atoms with Gasteiger partial charge >= 0.3 is 0 Å². The van der Waals surface area contributed by atoms with Crippen LogP contribution in [0.15, 0.2) is 12.4 Å². The molecule has 28 heavy (non-hydrogen) atoms. The molecule has 3 heterocycles. The molecule has 2 aliphatic heterocycles. The number of carbonyl (C=O) groups is 1. The van der Waals surface area contributed by atoms with Crippen LogP contribution in [0.4, 0.5) is 5.95 Å². The Morgan fingerprint density at radius 2 is 1.89 bits per heavy atom. The third-order valence-electron chi connectivity index (χ3n) is 6.13. The summed E-state index contributed by atoms with van der Waals surface area (Å²) in [5.74, 6) is 1.05. The van der Waals surface area contributed by atoms with Gasteiger partial charge in [-0.05, 0) is 58.3 Å². The summed E-state index contributed by atoms with van der Waals surface area (Å²) >= 11 is 0. The van der Waals surface area contributed by atoms with Crippen LogP contribution in [0.5, 0.6) is 0 Å². The molecule has 0 radical (unpaired) electrons. The Labute approximate surface area is 169 Å². The van der Waals surface area contributed by atoms with Crippen LogP contribution in [-0.4, -0.2) is 83.9 Å². The predicted molar refractivity (Wildman–Crippen MR) is 112 cm³/mol. The fourth-order valence-electron chi connectivity index (χ4n) is 4.24. The highest BCUT2D eigenvalue weighted by atomic mass is 16.2. The van der Waals surface area contributed by atoms with Gasteiger partial charge in [0.1, 0.15) is 0 Å². The first-order valence-electron chi connectivity index (χ1n) is 10.7. The second-order valence-electron chi connectivity index (χ2n) is 8.74. The number of hydrogen-bond donors (Lipinski definition) is 1. The summed E-state index contributed by atoms with van der Waals surface area (Å²) in [5.41, 5.74) is 1.49. The van der Waals surface area contributed by atoms with E-state index in [-0.39, 0.29) is 0 Å². The number of amides is 1. The van der Waals surface area contributed by atoms with Gasteiger partial charge in [0, 0.05) is 57.1 Å². The molecule has 0 aliphatic carbocycles. The summed E-state index contributed by atoms with van der Waals surface area (Å²) in [6, 6.07) is 0.